The molecule has 18 heavy (non-hydrogen) atoms. The Bertz CT molecular complexity index is 570. The Kier molecular flexibility index (Phi) is 3.11. The lowest BCUT2D eigenvalue weighted by molar-refractivity contribution is -0.137. The van der Waals surface area contributed by atoms with Gasteiger partial charge in [-0.15, -0.1) is 0 Å². The summed E-state index contributed by atoms with van der Waals surface area (Å²) in [5.41, 5.74) is 0.691. The molecule has 0 aliphatic carbocycles. The van der Waals surface area contributed by atoms with Crippen LogP contribution in [0.1, 0.15) is 11.1 Å². The fourth-order valence-electron chi connectivity index (χ4n) is 1.74. The fraction of sp³-hybridized carbons (Fsp3) is 0.143. The lowest BCUT2D eigenvalue weighted by Crippen LogP contribution is -2.05. The van der Waals surface area contributed by atoms with Crippen molar-refractivity contribution >= 4 is 0 Å². The molecule has 4 heteroatoms. The van der Waals surface area contributed by atoms with Gasteiger partial charge in [0.15, 0.2) is 0 Å². The van der Waals surface area contributed by atoms with Gasteiger partial charge >= 0.3 is 6.18 Å². The molecule has 0 radical (unpaired) electrons. The molecule has 0 unspecified atom stereocenters. The van der Waals surface area contributed by atoms with Gasteiger partial charge in [0.25, 0.3) is 0 Å². The summed E-state index contributed by atoms with van der Waals surface area (Å²) in [6.45, 7) is 1.84. The van der Waals surface area contributed by atoms with Crippen molar-refractivity contribution in [1.82, 2.24) is 0 Å². The third kappa shape index (κ3) is 2.53. The highest BCUT2D eigenvalue weighted by molar-refractivity contribution is 5.65. The highest BCUT2D eigenvalue weighted by Gasteiger charge is 2.31. The van der Waals surface area contributed by atoms with Gasteiger partial charge in [0.2, 0.25) is 0 Å². The molecule has 0 heterocycles. The largest absolute Gasteiger partial charge is 0.416 e. The number of hydrogen-bond donors (Lipinski definition) is 0. The highest BCUT2D eigenvalue weighted by atomic mass is 19.4. The molecule has 94 valence electrons. The molecule has 2 aromatic rings. The second-order valence-corrected chi connectivity index (χ2v) is 4.06. The molecule has 2 aromatic carbocycles. The number of hydrogen-bond acceptors (Lipinski definition) is 0. The highest BCUT2D eigenvalue weighted by Crippen LogP contribution is 2.32. The van der Waals surface area contributed by atoms with Gasteiger partial charge in [-0.3, -0.25) is 0 Å². The smallest absolute Gasteiger partial charge is 0.206 e. The van der Waals surface area contributed by atoms with Crippen molar-refractivity contribution in [2.45, 2.75) is 13.1 Å². The summed E-state index contributed by atoms with van der Waals surface area (Å²) in [5.74, 6) is -0.865. The molecule has 0 N–H and O–H groups in total. The molecule has 0 saturated carbocycles. The predicted octanol–water partition coefficient (Wildman–Crippen LogP) is 4.82. The van der Waals surface area contributed by atoms with Crippen molar-refractivity contribution < 1.29 is 17.6 Å². The van der Waals surface area contributed by atoms with E-state index < -0.39 is 17.6 Å². The van der Waals surface area contributed by atoms with Crippen LogP contribution in [0.25, 0.3) is 11.1 Å². The Labute approximate surface area is 102 Å². The maximum atomic E-state index is 13.7. The monoisotopic (exact) mass is 254 g/mol. The Hall–Kier alpha value is -1.84. The minimum absolute atomic E-state index is 0.173. The van der Waals surface area contributed by atoms with Crippen LogP contribution in [0.5, 0.6) is 0 Å². The molecule has 0 fully saturated rings. The van der Waals surface area contributed by atoms with Crippen molar-refractivity contribution in [3.8, 4) is 11.1 Å². The average molecular weight is 254 g/mol. The van der Waals surface area contributed by atoms with Crippen molar-refractivity contribution in [3.05, 3.63) is 59.4 Å². The Morgan fingerprint density at radius 3 is 2.22 bits per heavy atom. The van der Waals surface area contributed by atoms with E-state index >= 15 is 0 Å². The zero-order valence-electron chi connectivity index (χ0n) is 9.55. The van der Waals surface area contributed by atoms with E-state index in [1.54, 1.807) is 18.2 Å². The van der Waals surface area contributed by atoms with Crippen molar-refractivity contribution in [3.63, 3.8) is 0 Å². The lowest BCUT2D eigenvalue weighted by atomic mass is 10.0. The van der Waals surface area contributed by atoms with Gasteiger partial charge in [-0.2, -0.15) is 13.2 Å². The zero-order chi connectivity index (χ0) is 13.3. The summed E-state index contributed by atoms with van der Waals surface area (Å²) in [7, 11) is 0. The third-order valence-electron chi connectivity index (χ3n) is 2.63. The molecule has 0 aliphatic heterocycles. The van der Waals surface area contributed by atoms with Crippen molar-refractivity contribution in [1.29, 1.82) is 0 Å². The SMILES string of the molecule is Cc1cccc(-c2ccc(C(F)(F)F)cc2F)c1. The van der Waals surface area contributed by atoms with Crippen LogP contribution >= 0.6 is 0 Å². The molecular formula is C14H10F4. The van der Waals surface area contributed by atoms with Crippen LogP contribution < -0.4 is 0 Å². The third-order valence-corrected chi connectivity index (χ3v) is 2.63. The lowest BCUT2D eigenvalue weighted by Gasteiger charge is -2.09. The Balaban J connectivity index is 2.48. The number of benzene rings is 2. The van der Waals surface area contributed by atoms with Crippen molar-refractivity contribution in [2.24, 2.45) is 0 Å². The molecule has 0 aliphatic rings. The van der Waals surface area contributed by atoms with E-state index in [4.69, 9.17) is 0 Å². The van der Waals surface area contributed by atoms with Crippen LogP contribution in [0, 0.1) is 12.7 Å². The van der Waals surface area contributed by atoms with Gasteiger partial charge in [-0.25, -0.2) is 4.39 Å². The van der Waals surface area contributed by atoms with Gasteiger partial charge in [0.05, 0.1) is 5.56 Å². The van der Waals surface area contributed by atoms with E-state index in [2.05, 4.69) is 0 Å². The van der Waals surface area contributed by atoms with E-state index in [9.17, 15) is 17.6 Å². The molecule has 0 atom stereocenters. The summed E-state index contributed by atoms with van der Waals surface area (Å²) in [5, 5.41) is 0. The first-order valence-electron chi connectivity index (χ1n) is 5.32. The normalized spacial score (nSPS) is 11.6. The summed E-state index contributed by atoms with van der Waals surface area (Å²) in [6, 6.07) is 9.54. The molecule has 0 spiro atoms. The summed E-state index contributed by atoms with van der Waals surface area (Å²) in [4.78, 5) is 0. The van der Waals surface area contributed by atoms with E-state index in [0.29, 0.717) is 11.6 Å². The first kappa shape index (κ1) is 12.6. The fourth-order valence-corrected chi connectivity index (χ4v) is 1.74. The van der Waals surface area contributed by atoms with Gasteiger partial charge in [0.1, 0.15) is 5.82 Å². The minimum Gasteiger partial charge on any atom is -0.206 e. The second kappa shape index (κ2) is 4.44. The maximum Gasteiger partial charge on any atom is 0.416 e. The molecule has 0 amide bonds. The Morgan fingerprint density at radius 2 is 1.67 bits per heavy atom. The Morgan fingerprint density at radius 1 is 0.944 bits per heavy atom. The molecule has 0 bridgehead atoms. The van der Waals surface area contributed by atoms with Crippen LogP contribution in [0.15, 0.2) is 42.5 Å². The number of aryl methyl sites for hydroxylation is 1. The van der Waals surface area contributed by atoms with Crippen LogP contribution in [-0.2, 0) is 6.18 Å². The van der Waals surface area contributed by atoms with Crippen LogP contribution in [0.3, 0.4) is 0 Å². The molecule has 0 saturated heterocycles. The first-order valence-corrected chi connectivity index (χ1v) is 5.32. The summed E-state index contributed by atoms with van der Waals surface area (Å²) >= 11 is 0. The van der Waals surface area contributed by atoms with Gasteiger partial charge in [0, 0.05) is 5.56 Å². The molecular weight excluding hydrogens is 244 g/mol. The topological polar surface area (TPSA) is 0 Å². The van der Waals surface area contributed by atoms with Crippen LogP contribution in [-0.4, -0.2) is 0 Å². The minimum atomic E-state index is -4.52. The van der Waals surface area contributed by atoms with E-state index in [1.807, 2.05) is 13.0 Å². The second-order valence-electron chi connectivity index (χ2n) is 4.06. The van der Waals surface area contributed by atoms with Crippen molar-refractivity contribution in [2.75, 3.05) is 0 Å². The average Bonchev–Trinajstić information content (AvgIpc) is 2.27. The predicted molar refractivity (Wildman–Crippen MR) is 61.6 cm³/mol. The van der Waals surface area contributed by atoms with E-state index in [0.717, 1.165) is 17.7 Å². The van der Waals surface area contributed by atoms with Gasteiger partial charge in [-0.1, -0.05) is 35.9 Å². The summed E-state index contributed by atoms with van der Waals surface area (Å²) < 4.78 is 50.9. The molecule has 2 rings (SSSR count). The number of alkyl halides is 3. The van der Waals surface area contributed by atoms with E-state index in [1.165, 1.54) is 0 Å². The maximum absolute atomic E-state index is 13.7. The van der Waals surface area contributed by atoms with Gasteiger partial charge < -0.3 is 0 Å². The zero-order valence-corrected chi connectivity index (χ0v) is 9.55. The van der Waals surface area contributed by atoms with Crippen LogP contribution in [0.2, 0.25) is 0 Å². The standard InChI is InChI=1S/C14H10F4/c1-9-3-2-4-10(7-9)12-6-5-11(8-13(12)15)14(16,17)18/h2-8H,1H3. The molecule has 0 aromatic heterocycles. The summed E-state index contributed by atoms with van der Waals surface area (Å²) in [6.07, 6.45) is -4.52. The number of rotatable bonds is 1. The number of halogens is 4. The van der Waals surface area contributed by atoms with Gasteiger partial charge in [-0.05, 0) is 24.6 Å². The van der Waals surface area contributed by atoms with Crippen LogP contribution in [0.4, 0.5) is 17.6 Å². The quantitative estimate of drug-likeness (QED) is 0.640. The van der Waals surface area contributed by atoms with E-state index in [-0.39, 0.29) is 5.56 Å². The first-order chi connectivity index (χ1) is 8.38. The molecule has 0 nitrogen and oxygen atoms in total.